The molecular weight excluding hydrogens is 410 g/mol. The van der Waals surface area contributed by atoms with Crippen LogP contribution in [0.15, 0.2) is 41.6 Å². The summed E-state index contributed by atoms with van der Waals surface area (Å²) in [6, 6.07) is 4.76. The summed E-state index contributed by atoms with van der Waals surface area (Å²) in [5, 5.41) is 11.4. The van der Waals surface area contributed by atoms with Gasteiger partial charge in [0.1, 0.15) is 11.4 Å². The summed E-state index contributed by atoms with van der Waals surface area (Å²) >= 11 is 0. The van der Waals surface area contributed by atoms with Crippen LogP contribution < -0.4 is 20.3 Å². The monoisotopic (exact) mass is 432 g/mol. The van der Waals surface area contributed by atoms with E-state index in [1.807, 2.05) is 13.2 Å². The highest BCUT2D eigenvalue weighted by Gasteiger charge is 2.40. The Morgan fingerprint density at radius 3 is 2.81 bits per heavy atom. The van der Waals surface area contributed by atoms with E-state index in [2.05, 4.69) is 25.2 Å². The number of nitrogens with one attached hydrogen (secondary N) is 1. The third kappa shape index (κ3) is 5.16. The van der Waals surface area contributed by atoms with Crippen LogP contribution >= 0.6 is 0 Å². The Bertz CT molecular complexity index is 1100. The van der Waals surface area contributed by atoms with Gasteiger partial charge in [0, 0.05) is 56.0 Å². The molecule has 3 aromatic rings. The summed E-state index contributed by atoms with van der Waals surface area (Å²) in [6.07, 6.45) is 5.76. The number of hydrogen-bond acceptors (Lipinski definition) is 7. The lowest BCUT2D eigenvalue weighted by molar-refractivity contribution is -0.0500. The predicted molar refractivity (Wildman–Crippen MR) is 107 cm³/mol. The van der Waals surface area contributed by atoms with Gasteiger partial charge in [0.05, 0.1) is 19.0 Å². The van der Waals surface area contributed by atoms with Gasteiger partial charge in [0.2, 0.25) is 5.88 Å². The Hall–Kier alpha value is -3.50. The van der Waals surface area contributed by atoms with Crippen LogP contribution in [0.4, 0.5) is 14.5 Å². The molecule has 9 nitrogen and oxygen atoms in total. The second-order valence-corrected chi connectivity index (χ2v) is 7.41. The highest BCUT2D eigenvalue weighted by Crippen LogP contribution is 2.46. The minimum atomic E-state index is -2.87. The zero-order valence-corrected chi connectivity index (χ0v) is 17.0. The second-order valence-electron chi connectivity index (χ2n) is 7.41. The summed E-state index contributed by atoms with van der Waals surface area (Å²) in [4.78, 5) is 16.5. The fourth-order valence-corrected chi connectivity index (χ4v) is 3.31. The lowest BCUT2D eigenvalue weighted by atomic mass is 10.2. The molecule has 0 amide bonds. The van der Waals surface area contributed by atoms with Crippen LogP contribution in [0.25, 0.3) is 0 Å². The molecule has 3 aromatic heterocycles. The first-order chi connectivity index (χ1) is 14.9. The molecule has 2 atom stereocenters. The molecule has 164 valence electrons. The van der Waals surface area contributed by atoms with Gasteiger partial charge in [0.25, 0.3) is 5.56 Å². The van der Waals surface area contributed by atoms with E-state index < -0.39 is 6.61 Å². The molecule has 1 aliphatic carbocycles. The van der Waals surface area contributed by atoms with E-state index in [0.717, 1.165) is 17.7 Å². The Labute approximate surface area is 176 Å². The van der Waals surface area contributed by atoms with Crippen molar-refractivity contribution in [2.75, 3.05) is 11.9 Å². The number of aryl methyl sites for hydroxylation is 2. The zero-order valence-electron chi connectivity index (χ0n) is 17.0. The molecule has 0 aliphatic heterocycles. The average Bonchev–Trinajstić information content (AvgIpc) is 3.39. The van der Waals surface area contributed by atoms with Crippen LogP contribution in [-0.2, 0) is 20.6 Å². The molecule has 1 N–H and O–H groups in total. The van der Waals surface area contributed by atoms with Crippen LogP contribution in [0.2, 0.25) is 0 Å². The second kappa shape index (κ2) is 8.70. The molecule has 4 rings (SSSR count). The maximum Gasteiger partial charge on any atom is 0.387 e. The number of ether oxygens (including phenoxy) is 2. The highest BCUT2D eigenvalue weighted by atomic mass is 19.3. The standard InChI is InChI=1S/C20H22F2N6O3/c1-27-10-12(8-25-27)7-23-17-6-18(26-28(2)19(17)29)30-11-13-5-15(13)16-4-3-14(9-24-16)31-20(21)22/h3-4,6,8-10,13,15,20,23H,5,7,11H2,1-2H3. The fourth-order valence-electron chi connectivity index (χ4n) is 3.31. The molecular formula is C20H22F2N6O3. The summed E-state index contributed by atoms with van der Waals surface area (Å²) < 4.78 is 37.5. The molecule has 1 aliphatic rings. The molecule has 0 aromatic carbocycles. The topological polar surface area (TPSA) is 96.1 Å². The average molecular weight is 432 g/mol. The van der Waals surface area contributed by atoms with E-state index in [1.165, 1.54) is 16.9 Å². The lowest BCUT2D eigenvalue weighted by Gasteiger charge is -2.10. The molecule has 3 heterocycles. The van der Waals surface area contributed by atoms with Crippen molar-refractivity contribution in [1.29, 1.82) is 0 Å². The van der Waals surface area contributed by atoms with Crippen molar-refractivity contribution in [1.82, 2.24) is 24.5 Å². The number of rotatable bonds is 9. The number of halogens is 2. The number of hydrogen-bond donors (Lipinski definition) is 1. The molecule has 0 spiro atoms. The SMILES string of the molecule is Cn1cc(CNc2cc(OCC3CC3c3ccc(OC(F)F)cn3)nn(C)c2=O)cn1. The van der Waals surface area contributed by atoms with Crippen molar-refractivity contribution >= 4 is 5.69 Å². The van der Waals surface area contributed by atoms with E-state index >= 15 is 0 Å². The van der Waals surface area contributed by atoms with Crippen molar-refractivity contribution < 1.29 is 18.3 Å². The summed E-state index contributed by atoms with van der Waals surface area (Å²) in [5.41, 5.74) is 1.89. The van der Waals surface area contributed by atoms with E-state index in [0.29, 0.717) is 24.7 Å². The van der Waals surface area contributed by atoms with E-state index in [-0.39, 0.29) is 23.1 Å². The first-order valence-corrected chi connectivity index (χ1v) is 9.72. The molecule has 1 saturated carbocycles. The van der Waals surface area contributed by atoms with E-state index in [4.69, 9.17) is 4.74 Å². The minimum absolute atomic E-state index is 0.0351. The minimum Gasteiger partial charge on any atom is -0.476 e. The van der Waals surface area contributed by atoms with Crippen LogP contribution in [0.5, 0.6) is 11.6 Å². The normalized spacial score (nSPS) is 17.6. The van der Waals surface area contributed by atoms with Crippen LogP contribution in [0.3, 0.4) is 0 Å². The lowest BCUT2D eigenvalue weighted by Crippen LogP contribution is -2.24. The maximum absolute atomic E-state index is 12.3. The maximum atomic E-state index is 12.3. The Kier molecular flexibility index (Phi) is 5.83. The number of nitrogens with zero attached hydrogens (tertiary/aromatic N) is 5. The van der Waals surface area contributed by atoms with E-state index in [1.54, 1.807) is 30.1 Å². The van der Waals surface area contributed by atoms with E-state index in [9.17, 15) is 13.6 Å². The summed E-state index contributed by atoms with van der Waals surface area (Å²) in [5.74, 6) is 0.805. The molecule has 11 heteroatoms. The molecule has 31 heavy (non-hydrogen) atoms. The molecule has 1 fully saturated rings. The largest absolute Gasteiger partial charge is 0.476 e. The van der Waals surface area contributed by atoms with Crippen molar-refractivity contribution in [3.8, 4) is 11.6 Å². The predicted octanol–water partition coefficient (Wildman–Crippen LogP) is 2.30. The number of anilines is 1. The summed E-state index contributed by atoms with van der Waals surface area (Å²) in [6.45, 7) is -2.00. The number of aromatic nitrogens is 5. The first kappa shape index (κ1) is 20.8. The van der Waals surface area contributed by atoms with Crippen molar-refractivity contribution in [3.63, 3.8) is 0 Å². The smallest absolute Gasteiger partial charge is 0.387 e. The van der Waals surface area contributed by atoms with Gasteiger partial charge < -0.3 is 14.8 Å². The van der Waals surface area contributed by atoms with Crippen LogP contribution in [0.1, 0.15) is 23.6 Å². The van der Waals surface area contributed by atoms with Crippen molar-refractivity contribution in [3.05, 3.63) is 58.4 Å². The molecule has 0 radical (unpaired) electrons. The van der Waals surface area contributed by atoms with Crippen LogP contribution in [-0.4, -0.2) is 37.8 Å². The fraction of sp³-hybridized carbons (Fsp3) is 0.400. The van der Waals surface area contributed by atoms with Gasteiger partial charge in [-0.1, -0.05) is 0 Å². The van der Waals surface area contributed by atoms with Gasteiger partial charge in [-0.15, -0.1) is 5.10 Å². The van der Waals surface area contributed by atoms with Crippen LogP contribution in [0, 0.1) is 5.92 Å². The van der Waals surface area contributed by atoms with Gasteiger partial charge in [-0.05, 0) is 18.6 Å². The van der Waals surface area contributed by atoms with Crippen molar-refractivity contribution in [2.24, 2.45) is 20.0 Å². The highest BCUT2D eigenvalue weighted by molar-refractivity contribution is 5.43. The quantitative estimate of drug-likeness (QED) is 0.554. The Morgan fingerprint density at radius 1 is 1.29 bits per heavy atom. The third-order valence-corrected chi connectivity index (χ3v) is 5.01. The van der Waals surface area contributed by atoms with Gasteiger partial charge in [0.15, 0.2) is 0 Å². The van der Waals surface area contributed by atoms with Gasteiger partial charge in [-0.3, -0.25) is 14.5 Å². The zero-order chi connectivity index (χ0) is 22.0. The number of alkyl halides is 2. The van der Waals surface area contributed by atoms with Gasteiger partial charge in [-0.25, -0.2) is 4.68 Å². The number of pyridine rings is 1. The Balaban J connectivity index is 1.33. The van der Waals surface area contributed by atoms with Gasteiger partial charge >= 0.3 is 6.61 Å². The van der Waals surface area contributed by atoms with Gasteiger partial charge in [-0.2, -0.15) is 13.9 Å². The first-order valence-electron chi connectivity index (χ1n) is 9.72. The van der Waals surface area contributed by atoms with Crippen molar-refractivity contribution in [2.45, 2.75) is 25.5 Å². The summed E-state index contributed by atoms with van der Waals surface area (Å²) in [7, 11) is 3.39. The molecule has 0 saturated heterocycles. The third-order valence-electron chi connectivity index (χ3n) is 5.01. The molecule has 0 bridgehead atoms. The molecule has 2 unspecified atom stereocenters. The Morgan fingerprint density at radius 2 is 2.13 bits per heavy atom.